The molecule has 116 valence electrons. The van der Waals surface area contributed by atoms with Crippen molar-refractivity contribution in [2.45, 2.75) is 26.1 Å². The molecule has 1 aromatic heterocycles. The number of hydrogen-bond donors (Lipinski definition) is 2. The predicted molar refractivity (Wildman–Crippen MR) is 86.3 cm³/mol. The molecular formula is C17H21N3O2. The highest BCUT2D eigenvalue weighted by molar-refractivity contribution is 5.80. The summed E-state index contributed by atoms with van der Waals surface area (Å²) in [7, 11) is 1.97. The fraction of sp³-hybridized carbons (Fsp3) is 0.294. The summed E-state index contributed by atoms with van der Waals surface area (Å²) < 4.78 is 0. The van der Waals surface area contributed by atoms with Crippen LogP contribution in [-0.2, 0) is 17.9 Å². The highest BCUT2D eigenvalue weighted by Crippen LogP contribution is 2.18. The van der Waals surface area contributed by atoms with Crippen LogP contribution in [0.2, 0.25) is 0 Å². The lowest BCUT2D eigenvalue weighted by Crippen LogP contribution is -2.32. The summed E-state index contributed by atoms with van der Waals surface area (Å²) in [5.41, 5.74) is 2.10. The lowest BCUT2D eigenvalue weighted by Gasteiger charge is -2.21. The smallest absolute Gasteiger partial charge is 0.248 e. The van der Waals surface area contributed by atoms with Crippen molar-refractivity contribution in [3.8, 4) is 0 Å². The highest BCUT2D eigenvalue weighted by atomic mass is 16.3. The third kappa shape index (κ3) is 4.30. The fourth-order valence-corrected chi connectivity index (χ4v) is 2.17. The molecule has 0 radical (unpaired) electrons. The Balaban J connectivity index is 2.08. The van der Waals surface area contributed by atoms with Gasteiger partial charge in [-0.25, -0.2) is 4.98 Å². The van der Waals surface area contributed by atoms with Crippen molar-refractivity contribution in [1.82, 2.24) is 10.3 Å². The van der Waals surface area contributed by atoms with Crippen molar-refractivity contribution in [2.24, 2.45) is 0 Å². The quantitative estimate of drug-likeness (QED) is 0.852. The van der Waals surface area contributed by atoms with Crippen LogP contribution in [0.15, 0.2) is 48.7 Å². The minimum absolute atomic E-state index is 0.339. The van der Waals surface area contributed by atoms with Gasteiger partial charge in [-0.1, -0.05) is 36.4 Å². The first-order valence-electron chi connectivity index (χ1n) is 7.22. The van der Waals surface area contributed by atoms with Gasteiger partial charge >= 0.3 is 0 Å². The van der Waals surface area contributed by atoms with E-state index in [9.17, 15) is 9.90 Å². The van der Waals surface area contributed by atoms with Crippen LogP contribution in [0.3, 0.4) is 0 Å². The molecule has 1 aromatic carbocycles. The first-order valence-corrected chi connectivity index (χ1v) is 7.22. The maximum atomic E-state index is 11.5. The molecule has 0 spiro atoms. The van der Waals surface area contributed by atoms with Gasteiger partial charge in [-0.05, 0) is 18.6 Å². The summed E-state index contributed by atoms with van der Waals surface area (Å²) in [4.78, 5) is 17.9. The number of rotatable bonds is 6. The maximum absolute atomic E-state index is 11.5. The monoisotopic (exact) mass is 299 g/mol. The molecule has 0 saturated heterocycles. The Labute approximate surface area is 130 Å². The van der Waals surface area contributed by atoms with Gasteiger partial charge in [0, 0.05) is 31.9 Å². The van der Waals surface area contributed by atoms with E-state index >= 15 is 0 Å². The topological polar surface area (TPSA) is 65.5 Å². The SMILES string of the molecule is CC(O)C(=O)NCc1cccnc1N(C)Cc1ccccc1. The average Bonchev–Trinajstić information content (AvgIpc) is 2.53. The van der Waals surface area contributed by atoms with Crippen LogP contribution < -0.4 is 10.2 Å². The van der Waals surface area contributed by atoms with Gasteiger partial charge in [-0.15, -0.1) is 0 Å². The van der Waals surface area contributed by atoms with Crippen LogP contribution in [0.1, 0.15) is 18.1 Å². The maximum Gasteiger partial charge on any atom is 0.248 e. The Kier molecular flexibility index (Phi) is 5.49. The first kappa shape index (κ1) is 16.0. The van der Waals surface area contributed by atoms with E-state index in [-0.39, 0.29) is 5.91 Å². The number of aliphatic hydroxyl groups is 1. The van der Waals surface area contributed by atoms with E-state index in [1.54, 1.807) is 6.20 Å². The predicted octanol–water partition coefficient (Wildman–Crippen LogP) is 1.71. The zero-order valence-electron chi connectivity index (χ0n) is 12.9. The number of carbonyl (C=O) groups excluding carboxylic acids is 1. The standard InChI is InChI=1S/C17H21N3O2/c1-13(21)17(22)19-11-15-9-6-10-18-16(15)20(2)12-14-7-4-3-5-8-14/h3-10,13,21H,11-12H2,1-2H3,(H,19,22). The number of pyridine rings is 1. The molecule has 0 aliphatic heterocycles. The lowest BCUT2D eigenvalue weighted by atomic mass is 10.2. The van der Waals surface area contributed by atoms with E-state index in [1.165, 1.54) is 12.5 Å². The second-order valence-corrected chi connectivity index (χ2v) is 5.22. The molecule has 5 nitrogen and oxygen atoms in total. The van der Waals surface area contributed by atoms with Crippen LogP contribution in [-0.4, -0.2) is 29.1 Å². The lowest BCUT2D eigenvalue weighted by molar-refractivity contribution is -0.128. The van der Waals surface area contributed by atoms with Crippen molar-refractivity contribution < 1.29 is 9.90 Å². The number of carbonyl (C=O) groups is 1. The largest absolute Gasteiger partial charge is 0.384 e. The zero-order chi connectivity index (χ0) is 15.9. The summed E-state index contributed by atoms with van der Waals surface area (Å²) in [5.74, 6) is 0.428. The minimum atomic E-state index is -1.01. The molecule has 2 aromatic rings. The molecule has 0 bridgehead atoms. The molecule has 2 rings (SSSR count). The Morgan fingerprint density at radius 1 is 1.27 bits per heavy atom. The molecule has 5 heteroatoms. The van der Waals surface area contributed by atoms with Crippen molar-refractivity contribution in [2.75, 3.05) is 11.9 Å². The Morgan fingerprint density at radius 2 is 2.00 bits per heavy atom. The van der Waals surface area contributed by atoms with Gasteiger partial charge in [-0.3, -0.25) is 4.79 Å². The van der Waals surface area contributed by atoms with E-state index in [0.717, 1.165) is 17.9 Å². The normalized spacial score (nSPS) is 11.8. The number of amides is 1. The molecule has 1 heterocycles. The summed E-state index contributed by atoms with van der Waals surface area (Å²) in [6, 6.07) is 13.9. The van der Waals surface area contributed by atoms with Crippen molar-refractivity contribution in [3.05, 3.63) is 59.8 Å². The van der Waals surface area contributed by atoms with E-state index < -0.39 is 6.10 Å². The van der Waals surface area contributed by atoms with Crippen molar-refractivity contribution in [1.29, 1.82) is 0 Å². The number of benzene rings is 1. The summed E-state index contributed by atoms with van der Waals surface area (Å²) in [5, 5.41) is 11.9. The Hall–Kier alpha value is -2.40. The number of nitrogens with one attached hydrogen (secondary N) is 1. The van der Waals surface area contributed by atoms with Crippen molar-refractivity contribution in [3.63, 3.8) is 0 Å². The van der Waals surface area contributed by atoms with Gasteiger partial charge < -0.3 is 15.3 Å². The molecule has 1 atom stereocenters. The molecule has 2 N–H and O–H groups in total. The van der Waals surface area contributed by atoms with Crippen LogP contribution in [0, 0.1) is 0 Å². The fourth-order valence-electron chi connectivity index (χ4n) is 2.17. The zero-order valence-corrected chi connectivity index (χ0v) is 12.9. The number of anilines is 1. The first-order chi connectivity index (χ1) is 10.6. The van der Waals surface area contributed by atoms with Gasteiger partial charge in [0.25, 0.3) is 0 Å². The number of aromatic nitrogens is 1. The van der Waals surface area contributed by atoms with Crippen LogP contribution in [0.4, 0.5) is 5.82 Å². The second kappa shape index (κ2) is 7.56. The molecule has 0 saturated carbocycles. The molecular weight excluding hydrogens is 278 g/mol. The van der Waals surface area contributed by atoms with Gasteiger partial charge in [0.1, 0.15) is 11.9 Å². The number of nitrogens with zero attached hydrogens (tertiary/aromatic N) is 2. The van der Waals surface area contributed by atoms with Crippen LogP contribution in [0.25, 0.3) is 0 Å². The van der Waals surface area contributed by atoms with Crippen LogP contribution in [0.5, 0.6) is 0 Å². The van der Waals surface area contributed by atoms with E-state index in [1.807, 2.05) is 42.3 Å². The summed E-state index contributed by atoms with van der Waals surface area (Å²) in [6.07, 6.45) is 0.721. The summed E-state index contributed by atoms with van der Waals surface area (Å²) in [6.45, 7) is 2.52. The minimum Gasteiger partial charge on any atom is -0.384 e. The van der Waals surface area contributed by atoms with Gasteiger partial charge in [0.05, 0.1) is 0 Å². The van der Waals surface area contributed by atoms with Crippen molar-refractivity contribution >= 4 is 11.7 Å². The molecule has 0 aliphatic carbocycles. The second-order valence-electron chi connectivity index (χ2n) is 5.22. The molecule has 22 heavy (non-hydrogen) atoms. The molecule has 1 unspecified atom stereocenters. The third-order valence-corrected chi connectivity index (χ3v) is 3.32. The third-order valence-electron chi connectivity index (χ3n) is 3.32. The summed E-state index contributed by atoms with van der Waals surface area (Å²) >= 11 is 0. The number of aliphatic hydroxyl groups excluding tert-OH is 1. The average molecular weight is 299 g/mol. The van der Waals surface area contributed by atoms with E-state index in [4.69, 9.17) is 0 Å². The molecule has 0 aliphatic rings. The van der Waals surface area contributed by atoms with Gasteiger partial charge in [-0.2, -0.15) is 0 Å². The van der Waals surface area contributed by atoms with Gasteiger partial charge in [0.2, 0.25) is 5.91 Å². The Morgan fingerprint density at radius 3 is 2.68 bits per heavy atom. The Bertz CT molecular complexity index is 614. The van der Waals surface area contributed by atoms with E-state index in [2.05, 4.69) is 22.4 Å². The molecule has 1 amide bonds. The van der Waals surface area contributed by atoms with E-state index in [0.29, 0.717) is 6.54 Å². The number of hydrogen-bond acceptors (Lipinski definition) is 4. The van der Waals surface area contributed by atoms with Crippen LogP contribution >= 0.6 is 0 Å². The highest BCUT2D eigenvalue weighted by Gasteiger charge is 2.12. The van der Waals surface area contributed by atoms with Gasteiger partial charge in [0.15, 0.2) is 0 Å². The molecule has 0 fully saturated rings.